The van der Waals surface area contributed by atoms with Gasteiger partial charge < -0.3 is 15.1 Å². The molecule has 0 aliphatic carbocycles. The van der Waals surface area contributed by atoms with Gasteiger partial charge in [0, 0.05) is 49.5 Å². The summed E-state index contributed by atoms with van der Waals surface area (Å²) in [6.45, 7) is 1.93. The second-order valence-corrected chi connectivity index (χ2v) is 6.70. The number of hydrogen-bond acceptors (Lipinski definition) is 5. The van der Waals surface area contributed by atoms with Gasteiger partial charge in [-0.1, -0.05) is 18.2 Å². The number of amides is 3. The van der Waals surface area contributed by atoms with Gasteiger partial charge in [0.15, 0.2) is 0 Å². The lowest BCUT2D eigenvalue weighted by molar-refractivity contribution is -0.119. The second kappa shape index (κ2) is 8.05. The summed E-state index contributed by atoms with van der Waals surface area (Å²) < 4.78 is 0. The van der Waals surface area contributed by atoms with E-state index < -0.39 is 5.91 Å². The molecule has 0 bridgehead atoms. The number of fused-ring (bicyclic) bond motifs is 1. The van der Waals surface area contributed by atoms with E-state index in [2.05, 4.69) is 15.3 Å². The molecule has 4 rings (SSSR count). The molecule has 0 unspecified atom stereocenters. The number of nitrogens with zero attached hydrogens (tertiary/aromatic N) is 4. The van der Waals surface area contributed by atoms with Crippen molar-refractivity contribution in [3.8, 4) is 0 Å². The van der Waals surface area contributed by atoms with Gasteiger partial charge in [-0.15, -0.1) is 0 Å². The molecule has 3 heterocycles. The van der Waals surface area contributed by atoms with E-state index in [-0.39, 0.29) is 11.6 Å². The first-order valence-electron chi connectivity index (χ1n) is 9.25. The lowest BCUT2D eigenvalue weighted by atomic mass is 10.1. The number of benzene rings is 1. The zero-order valence-electron chi connectivity index (χ0n) is 15.6. The van der Waals surface area contributed by atoms with Gasteiger partial charge in [0.05, 0.1) is 11.2 Å². The minimum absolute atomic E-state index is 0.148. The maximum atomic E-state index is 12.8. The van der Waals surface area contributed by atoms with Gasteiger partial charge in [0.2, 0.25) is 6.41 Å². The topological polar surface area (TPSA) is 95.5 Å². The maximum Gasteiger partial charge on any atom is 0.274 e. The van der Waals surface area contributed by atoms with Crippen LogP contribution < -0.4 is 5.32 Å². The fraction of sp³-hybridized carbons (Fsp3) is 0.190. The molecule has 2 aromatic heterocycles. The number of anilines is 1. The summed E-state index contributed by atoms with van der Waals surface area (Å²) >= 11 is 0. The van der Waals surface area contributed by atoms with Crippen LogP contribution in [0.3, 0.4) is 0 Å². The Bertz CT molecular complexity index is 1070. The number of nitrogens with one attached hydrogen (secondary N) is 1. The first kappa shape index (κ1) is 18.5. The van der Waals surface area contributed by atoms with Crippen LogP contribution in [0, 0.1) is 0 Å². The highest BCUT2D eigenvalue weighted by atomic mass is 16.2. The van der Waals surface area contributed by atoms with Crippen molar-refractivity contribution in [1.82, 2.24) is 19.8 Å². The number of para-hydroxylation sites is 1. The zero-order chi connectivity index (χ0) is 20.2. The quantitative estimate of drug-likeness (QED) is 0.687. The van der Waals surface area contributed by atoms with Crippen LogP contribution >= 0.6 is 0 Å². The van der Waals surface area contributed by atoms with E-state index in [4.69, 9.17) is 0 Å². The van der Waals surface area contributed by atoms with Crippen molar-refractivity contribution in [2.24, 2.45) is 0 Å². The molecule has 0 radical (unpaired) electrons. The Morgan fingerprint density at radius 3 is 2.55 bits per heavy atom. The summed E-state index contributed by atoms with van der Waals surface area (Å²) in [6, 6.07) is 12.4. The SMILES string of the molecule is O=CN1CCN(C(=O)c2ccnc(C(=O)Nc3cccc4cccnc34)c2)CC1. The maximum absolute atomic E-state index is 12.8. The minimum atomic E-state index is -0.413. The number of pyridine rings is 2. The third-order valence-corrected chi connectivity index (χ3v) is 4.87. The molecule has 8 heteroatoms. The molecule has 146 valence electrons. The first-order valence-corrected chi connectivity index (χ1v) is 9.25. The fourth-order valence-electron chi connectivity index (χ4n) is 3.29. The summed E-state index contributed by atoms with van der Waals surface area (Å²) in [5, 5.41) is 3.74. The van der Waals surface area contributed by atoms with E-state index in [0.717, 1.165) is 11.8 Å². The molecule has 1 fully saturated rings. The average molecular weight is 389 g/mol. The van der Waals surface area contributed by atoms with E-state index in [1.807, 2.05) is 24.3 Å². The molecule has 0 saturated carbocycles. The monoisotopic (exact) mass is 389 g/mol. The van der Waals surface area contributed by atoms with Gasteiger partial charge in [-0.25, -0.2) is 0 Å². The Labute approximate surface area is 167 Å². The Hall–Kier alpha value is -3.81. The molecular formula is C21H19N5O3. The van der Waals surface area contributed by atoms with Gasteiger partial charge in [-0.3, -0.25) is 24.4 Å². The van der Waals surface area contributed by atoms with E-state index >= 15 is 0 Å². The molecule has 1 aromatic carbocycles. The number of carbonyl (C=O) groups is 3. The van der Waals surface area contributed by atoms with Crippen molar-refractivity contribution < 1.29 is 14.4 Å². The minimum Gasteiger partial charge on any atom is -0.342 e. The molecule has 8 nitrogen and oxygen atoms in total. The Morgan fingerprint density at radius 1 is 0.966 bits per heavy atom. The first-order chi connectivity index (χ1) is 14.2. The summed E-state index contributed by atoms with van der Waals surface area (Å²) in [4.78, 5) is 48.0. The highest BCUT2D eigenvalue weighted by molar-refractivity contribution is 6.08. The normalized spacial score (nSPS) is 13.9. The Balaban J connectivity index is 1.51. The van der Waals surface area contributed by atoms with Crippen LogP contribution in [0.4, 0.5) is 5.69 Å². The largest absolute Gasteiger partial charge is 0.342 e. The van der Waals surface area contributed by atoms with Gasteiger partial charge in [-0.05, 0) is 24.3 Å². The molecule has 0 atom stereocenters. The zero-order valence-corrected chi connectivity index (χ0v) is 15.6. The van der Waals surface area contributed by atoms with Crippen molar-refractivity contribution in [2.75, 3.05) is 31.5 Å². The molecular weight excluding hydrogens is 370 g/mol. The predicted octanol–water partition coefficient (Wildman–Crippen LogP) is 1.80. The highest BCUT2D eigenvalue weighted by Crippen LogP contribution is 2.21. The Morgan fingerprint density at radius 2 is 1.76 bits per heavy atom. The summed E-state index contributed by atoms with van der Waals surface area (Å²) in [7, 11) is 0. The van der Waals surface area contributed by atoms with Crippen LogP contribution in [0.5, 0.6) is 0 Å². The number of aromatic nitrogens is 2. The lowest BCUT2D eigenvalue weighted by Crippen LogP contribution is -2.48. The smallest absolute Gasteiger partial charge is 0.274 e. The molecule has 1 aliphatic rings. The molecule has 1 aliphatic heterocycles. The standard InChI is InChI=1S/C21H19N5O3/c27-14-25-9-11-26(12-10-25)21(29)16-6-8-22-18(13-16)20(28)24-17-5-1-3-15-4-2-7-23-19(15)17/h1-8,13-14H,9-12H2,(H,24,28). The number of hydrogen-bond donors (Lipinski definition) is 1. The van der Waals surface area contributed by atoms with Crippen molar-refractivity contribution in [1.29, 1.82) is 0 Å². The van der Waals surface area contributed by atoms with Crippen molar-refractivity contribution in [2.45, 2.75) is 0 Å². The van der Waals surface area contributed by atoms with Crippen LogP contribution in [0.15, 0.2) is 54.9 Å². The molecule has 0 spiro atoms. The van der Waals surface area contributed by atoms with Crippen molar-refractivity contribution in [3.63, 3.8) is 0 Å². The molecule has 3 aromatic rings. The van der Waals surface area contributed by atoms with E-state index in [1.54, 1.807) is 28.1 Å². The number of carbonyl (C=O) groups excluding carboxylic acids is 3. The summed E-state index contributed by atoms with van der Waals surface area (Å²) in [5.41, 5.74) is 1.80. The number of piperazine rings is 1. The van der Waals surface area contributed by atoms with Gasteiger partial charge in [-0.2, -0.15) is 0 Å². The van der Waals surface area contributed by atoms with Crippen LogP contribution in [-0.2, 0) is 4.79 Å². The van der Waals surface area contributed by atoms with E-state index in [0.29, 0.717) is 42.9 Å². The average Bonchev–Trinajstić information content (AvgIpc) is 2.79. The van der Waals surface area contributed by atoms with Gasteiger partial charge in [0.1, 0.15) is 5.69 Å². The molecule has 1 saturated heterocycles. The highest BCUT2D eigenvalue weighted by Gasteiger charge is 2.22. The Kier molecular flexibility index (Phi) is 5.15. The lowest BCUT2D eigenvalue weighted by Gasteiger charge is -2.32. The fourth-order valence-corrected chi connectivity index (χ4v) is 3.29. The molecule has 29 heavy (non-hydrogen) atoms. The third-order valence-electron chi connectivity index (χ3n) is 4.87. The van der Waals surface area contributed by atoms with Crippen LogP contribution in [0.2, 0.25) is 0 Å². The summed E-state index contributed by atoms with van der Waals surface area (Å²) in [5.74, 6) is -0.595. The van der Waals surface area contributed by atoms with E-state index in [1.165, 1.54) is 12.3 Å². The van der Waals surface area contributed by atoms with E-state index in [9.17, 15) is 14.4 Å². The van der Waals surface area contributed by atoms with Crippen LogP contribution in [0.1, 0.15) is 20.8 Å². The predicted molar refractivity (Wildman–Crippen MR) is 107 cm³/mol. The second-order valence-electron chi connectivity index (χ2n) is 6.70. The van der Waals surface area contributed by atoms with Crippen LogP contribution in [0.25, 0.3) is 10.9 Å². The molecule has 1 N–H and O–H groups in total. The van der Waals surface area contributed by atoms with Gasteiger partial charge >= 0.3 is 0 Å². The van der Waals surface area contributed by atoms with Crippen molar-refractivity contribution >= 4 is 34.8 Å². The third kappa shape index (κ3) is 3.91. The molecule has 3 amide bonds. The number of rotatable bonds is 4. The van der Waals surface area contributed by atoms with Crippen LogP contribution in [-0.4, -0.2) is 64.2 Å². The van der Waals surface area contributed by atoms with Gasteiger partial charge in [0.25, 0.3) is 11.8 Å². The summed E-state index contributed by atoms with van der Waals surface area (Å²) in [6.07, 6.45) is 3.91. The van der Waals surface area contributed by atoms with Crippen molar-refractivity contribution in [3.05, 3.63) is 66.1 Å².